The van der Waals surface area contributed by atoms with Crippen molar-refractivity contribution in [2.45, 2.75) is 64.2 Å². The van der Waals surface area contributed by atoms with Crippen LogP contribution in [-0.4, -0.2) is 76.1 Å². The summed E-state index contributed by atoms with van der Waals surface area (Å²) in [4.78, 5) is 74.3. The number of carbonyl (C=O) groups excluding carboxylic acids is 4. The lowest BCUT2D eigenvalue weighted by molar-refractivity contribution is -0.186. The lowest BCUT2D eigenvalue weighted by Crippen LogP contribution is -2.45. The zero-order valence-electron chi connectivity index (χ0n) is 22.4. The van der Waals surface area contributed by atoms with E-state index in [2.05, 4.69) is 10.6 Å². The zero-order valence-corrected chi connectivity index (χ0v) is 22.4. The lowest BCUT2D eigenvalue weighted by atomic mass is 9.96. The molecule has 1 fully saturated rings. The molecule has 1 aromatic rings. The summed E-state index contributed by atoms with van der Waals surface area (Å²) in [6, 6.07) is 1.47. The minimum Gasteiger partial charge on any atom is -0.481 e. The SMILES string of the molecule is CCOC(=O)/C=C/CCC(NC(=O)CCC(=O)O)C(=O)Nc1cccn(CC(=O)N2CCC(C(F)(F)F)CC2)c1=O. The van der Waals surface area contributed by atoms with E-state index in [1.165, 1.54) is 29.3 Å². The van der Waals surface area contributed by atoms with Crippen molar-refractivity contribution in [1.29, 1.82) is 0 Å². The molecule has 0 bridgehead atoms. The summed E-state index contributed by atoms with van der Waals surface area (Å²) in [5.41, 5.74) is -0.967. The Bertz CT molecular complexity index is 1190. The number of amides is 3. The number of rotatable bonds is 13. The number of hydrogen-bond acceptors (Lipinski definition) is 7. The number of pyridine rings is 1. The Kier molecular flexibility index (Phi) is 12.5. The topological polar surface area (TPSA) is 164 Å². The molecule has 0 radical (unpaired) electrons. The third kappa shape index (κ3) is 11.1. The molecule has 3 amide bonds. The summed E-state index contributed by atoms with van der Waals surface area (Å²) < 4.78 is 44.5. The Balaban J connectivity index is 2.08. The molecule has 2 heterocycles. The molecule has 2 rings (SSSR count). The van der Waals surface area contributed by atoms with Gasteiger partial charge in [0.1, 0.15) is 18.3 Å². The maximum absolute atomic E-state index is 13.0. The summed E-state index contributed by atoms with van der Waals surface area (Å²) >= 11 is 0. The van der Waals surface area contributed by atoms with Gasteiger partial charge in [0, 0.05) is 31.8 Å². The highest BCUT2D eigenvalue weighted by atomic mass is 19.4. The second-order valence-electron chi connectivity index (χ2n) is 9.29. The number of hydrogen-bond donors (Lipinski definition) is 3. The molecular formula is C26H33F3N4O8. The standard InChI is InChI=1S/C26H33F3N4O8/c1-2-41-23(38)8-4-3-6-18(30-20(34)9-10-22(36)37)24(39)31-19-7-5-13-33(25(19)40)16-21(35)32-14-11-17(12-15-32)26(27,28)29/h4-5,7-8,13,17-18H,2-3,6,9-12,14-16H2,1H3,(H,30,34)(H,31,39)(H,36,37)/b8-4+. The van der Waals surface area contributed by atoms with Gasteiger partial charge >= 0.3 is 18.1 Å². The van der Waals surface area contributed by atoms with Gasteiger partial charge in [0.15, 0.2) is 0 Å². The largest absolute Gasteiger partial charge is 0.481 e. The van der Waals surface area contributed by atoms with E-state index in [0.717, 1.165) is 10.6 Å². The van der Waals surface area contributed by atoms with Crippen molar-refractivity contribution < 1.29 is 47.0 Å². The van der Waals surface area contributed by atoms with Gasteiger partial charge in [-0.15, -0.1) is 0 Å². The smallest absolute Gasteiger partial charge is 0.391 e. The van der Waals surface area contributed by atoms with Crippen LogP contribution < -0.4 is 16.2 Å². The first-order valence-electron chi connectivity index (χ1n) is 13.0. The maximum Gasteiger partial charge on any atom is 0.391 e. The predicted molar refractivity (Wildman–Crippen MR) is 138 cm³/mol. The molecule has 1 aliphatic heterocycles. The minimum atomic E-state index is -4.33. The highest BCUT2D eigenvalue weighted by Crippen LogP contribution is 2.34. The molecule has 1 aromatic heterocycles. The van der Waals surface area contributed by atoms with E-state index >= 15 is 0 Å². The quantitative estimate of drug-likeness (QED) is 0.233. The van der Waals surface area contributed by atoms with E-state index in [1.54, 1.807) is 6.92 Å². The number of nitrogens with one attached hydrogen (secondary N) is 2. The molecule has 1 unspecified atom stereocenters. The number of nitrogens with zero attached hydrogens (tertiary/aromatic N) is 2. The maximum atomic E-state index is 13.0. The number of halogens is 3. The molecule has 15 heteroatoms. The normalized spacial score (nSPS) is 14.9. The number of allylic oxidation sites excluding steroid dienone is 1. The monoisotopic (exact) mass is 586 g/mol. The number of anilines is 1. The van der Waals surface area contributed by atoms with Gasteiger partial charge in [0.05, 0.1) is 18.9 Å². The number of piperidine rings is 1. The van der Waals surface area contributed by atoms with E-state index in [9.17, 15) is 41.9 Å². The molecule has 1 aliphatic rings. The van der Waals surface area contributed by atoms with Crippen LogP contribution in [0.2, 0.25) is 0 Å². The Morgan fingerprint density at radius 1 is 1.17 bits per heavy atom. The van der Waals surface area contributed by atoms with Crippen LogP contribution in [0.3, 0.4) is 0 Å². The van der Waals surface area contributed by atoms with Crippen molar-refractivity contribution >= 4 is 35.3 Å². The van der Waals surface area contributed by atoms with E-state index in [4.69, 9.17) is 9.84 Å². The number of esters is 1. The Morgan fingerprint density at radius 2 is 1.85 bits per heavy atom. The van der Waals surface area contributed by atoms with Crippen LogP contribution in [0, 0.1) is 5.92 Å². The average Bonchev–Trinajstić information content (AvgIpc) is 2.91. The second kappa shape index (κ2) is 15.6. The van der Waals surface area contributed by atoms with Crippen LogP contribution in [0.25, 0.3) is 0 Å². The average molecular weight is 587 g/mol. The molecule has 0 saturated carbocycles. The zero-order chi connectivity index (χ0) is 30.6. The van der Waals surface area contributed by atoms with E-state index in [0.29, 0.717) is 0 Å². The molecule has 0 spiro atoms. The van der Waals surface area contributed by atoms with Gasteiger partial charge < -0.3 is 29.9 Å². The number of aromatic nitrogens is 1. The molecule has 0 aromatic carbocycles. The van der Waals surface area contributed by atoms with Crippen molar-refractivity contribution in [3.05, 3.63) is 40.8 Å². The van der Waals surface area contributed by atoms with Gasteiger partial charge in [-0.05, 0) is 44.7 Å². The summed E-state index contributed by atoms with van der Waals surface area (Å²) in [6.45, 7) is 1.16. The van der Waals surface area contributed by atoms with Gasteiger partial charge in [0.25, 0.3) is 5.56 Å². The number of carboxylic acids is 1. The van der Waals surface area contributed by atoms with Crippen LogP contribution in [0.1, 0.15) is 45.4 Å². The van der Waals surface area contributed by atoms with E-state index < -0.39 is 72.7 Å². The van der Waals surface area contributed by atoms with Crippen LogP contribution in [0.5, 0.6) is 0 Å². The summed E-state index contributed by atoms with van der Waals surface area (Å²) in [7, 11) is 0. The van der Waals surface area contributed by atoms with Gasteiger partial charge in [0.2, 0.25) is 17.7 Å². The Hall–Kier alpha value is -4.17. The second-order valence-corrected chi connectivity index (χ2v) is 9.29. The fourth-order valence-electron chi connectivity index (χ4n) is 4.07. The lowest BCUT2D eigenvalue weighted by Gasteiger charge is -2.33. The number of carboxylic acid groups (broad SMARTS) is 1. The molecule has 12 nitrogen and oxygen atoms in total. The first-order valence-corrected chi connectivity index (χ1v) is 13.0. The van der Waals surface area contributed by atoms with Gasteiger partial charge in [-0.2, -0.15) is 13.2 Å². The highest BCUT2D eigenvalue weighted by molar-refractivity contribution is 5.97. The molecule has 41 heavy (non-hydrogen) atoms. The number of ether oxygens (including phenoxy) is 1. The number of alkyl halides is 3. The van der Waals surface area contributed by atoms with Crippen molar-refractivity contribution in [2.75, 3.05) is 25.0 Å². The van der Waals surface area contributed by atoms with E-state index in [-0.39, 0.29) is 51.1 Å². The van der Waals surface area contributed by atoms with Gasteiger partial charge in [-0.25, -0.2) is 4.79 Å². The fourth-order valence-corrected chi connectivity index (χ4v) is 4.07. The molecule has 0 aliphatic carbocycles. The molecule has 3 N–H and O–H groups in total. The summed E-state index contributed by atoms with van der Waals surface area (Å²) in [5, 5.41) is 13.6. The Labute approximate surface area is 233 Å². The van der Waals surface area contributed by atoms with Gasteiger partial charge in [-0.1, -0.05) is 6.08 Å². The van der Waals surface area contributed by atoms with Crippen LogP contribution in [0.4, 0.5) is 18.9 Å². The van der Waals surface area contributed by atoms with Gasteiger partial charge in [-0.3, -0.25) is 24.0 Å². The van der Waals surface area contributed by atoms with Crippen molar-refractivity contribution in [3.63, 3.8) is 0 Å². The van der Waals surface area contributed by atoms with Crippen molar-refractivity contribution in [1.82, 2.24) is 14.8 Å². The number of aliphatic carboxylic acids is 1. The number of carbonyl (C=O) groups is 5. The van der Waals surface area contributed by atoms with E-state index in [1.807, 2.05) is 0 Å². The molecule has 1 saturated heterocycles. The first kappa shape index (κ1) is 33.0. The molecule has 1 atom stereocenters. The predicted octanol–water partition coefficient (Wildman–Crippen LogP) is 1.84. The summed E-state index contributed by atoms with van der Waals surface area (Å²) in [5.74, 6) is -5.34. The highest BCUT2D eigenvalue weighted by Gasteiger charge is 2.41. The minimum absolute atomic E-state index is 0.00601. The van der Waals surface area contributed by atoms with Crippen molar-refractivity contribution in [2.24, 2.45) is 5.92 Å². The molecular weight excluding hydrogens is 553 g/mol. The van der Waals surface area contributed by atoms with Crippen LogP contribution in [-0.2, 0) is 35.3 Å². The van der Waals surface area contributed by atoms with Crippen molar-refractivity contribution in [3.8, 4) is 0 Å². The molecule has 226 valence electrons. The van der Waals surface area contributed by atoms with Crippen LogP contribution in [0.15, 0.2) is 35.3 Å². The third-order valence-electron chi connectivity index (χ3n) is 6.27. The first-order chi connectivity index (χ1) is 19.3. The summed E-state index contributed by atoms with van der Waals surface area (Å²) in [6.07, 6.45) is -1.62. The Morgan fingerprint density at radius 3 is 2.46 bits per heavy atom. The number of likely N-dealkylation sites (tertiary alicyclic amines) is 1. The fraction of sp³-hybridized carbons (Fsp3) is 0.538. The van der Waals surface area contributed by atoms with Crippen LogP contribution >= 0.6 is 0 Å². The third-order valence-corrected chi connectivity index (χ3v) is 6.27.